The van der Waals surface area contributed by atoms with Crippen LogP contribution >= 0.6 is 48.0 Å². The van der Waals surface area contributed by atoms with Crippen LogP contribution in [0.15, 0.2) is 41.4 Å². The van der Waals surface area contributed by atoms with Crippen LogP contribution in [0, 0.1) is 0 Å². The van der Waals surface area contributed by atoms with Gasteiger partial charge in [-0.15, -0.1) is 24.8 Å². The van der Waals surface area contributed by atoms with E-state index in [1.54, 1.807) is 6.07 Å². The number of aryl methyl sites for hydroxylation is 1. The van der Waals surface area contributed by atoms with Gasteiger partial charge in [0.25, 0.3) is 0 Å². The number of halogens is 4. The minimum absolute atomic E-state index is 0. The highest BCUT2D eigenvalue weighted by molar-refractivity contribution is 6.42. The molecule has 2 N–H and O–H groups in total. The lowest BCUT2D eigenvalue weighted by atomic mass is 10.1. The third kappa shape index (κ3) is 5.79. The van der Waals surface area contributed by atoms with Gasteiger partial charge >= 0.3 is 0 Å². The van der Waals surface area contributed by atoms with Crippen LogP contribution in [0.4, 0.5) is 0 Å². The smallest absolute Gasteiger partial charge is 0.141 e. The normalized spacial score (nSPS) is 11.4. The Morgan fingerprint density at radius 3 is 2.45 bits per heavy atom. The number of nitrogens with zero attached hydrogens (tertiary/aromatic N) is 3. The molecule has 29 heavy (non-hydrogen) atoms. The molecule has 1 aromatic heterocycles. The van der Waals surface area contributed by atoms with Crippen molar-refractivity contribution in [1.82, 2.24) is 9.55 Å². The molecule has 2 aromatic carbocycles. The maximum atomic E-state index is 6.23. The average Bonchev–Trinajstić information content (AvgIpc) is 2.99. The number of aromatic nitrogens is 2. The Kier molecular flexibility index (Phi) is 9.77. The average molecular weight is 476 g/mol. The largest absolute Gasteiger partial charge is 0.383 e. The molecule has 0 unspecified atom stereocenters. The minimum Gasteiger partial charge on any atom is -0.383 e. The molecule has 8 heteroatoms. The molecule has 0 saturated heterocycles. The predicted molar refractivity (Wildman–Crippen MR) is 130 cm³/mol. The van der Waals surface area contributed by atoms with E-state index in [9.17, 15) is 0 Å². The van der Waals surface area contributed by atoms with Gasteiger partial charge in [0, 0.05) is 23.7 Å². The van der Waals surface area contributed by atoms with E-state index in [1.807, 2.05) is 38.1 Å². The van der Waals surface area contributed by atoms with Crippen LogP contribution in [-0.2, 0) is 6.54 Å². The molecule has 0 fully saturated rings. The molecule has 0 aliphatic carbocycles. The van der Waals surface area contributed by atoms with E-state index < -0.39 is 0 Å². The first-order chi connectivity index (χ1) is 12.9. The highest BCUT2D eigenvalue weighted by Gasteiger charge is 2.15. The number of nitrogens with two attached hydrogens (primary N) is 1. The Bertz CT molecular complexity index is 996. The second-order valence-electron chi connectivity index (χ2n) is 6.88. The van der Waals surface area contributed by atoms with Crippen molar-refractivity contribution in [2.75, 3.05) is 0 Å². The molecule has 0 saturated carbocycles. The van der Waals surface area contributed by atoms with E-state index in [0.29, 0.717) is 15.9 Å². The summed E-state index contributed by atoms with van der Waals surface area (Å²) in [5.74, 6) is 1.42. The van der Waals surface area contributed by atoms with Gasteiger partial charge in [-0.25, -0.2) is 4.98 Å². The van der Waals surface area contributed by atoms with Gasteiger partial charge < -0.3 is 10.3 Å². The zero-order valence-electron chi connectivity index (χ0n) is 16.7. The van der Waals surface area contributed by atoms with E-state index in [2.05, 4.69) is 22.5 Å². The van der Waals surface area contributed by atoms with Gasteiger partial charge in [-0.05, 0) is 56.7 Å². The number of aliphatic imine (C=N–C) groups is 1. The number of hydrogen-bond donors (Lipinski definition) is 1. The molecule has 0 aliphatic heterocycles. The fourth-order valence-electron chi connectivity index (χ4n) is 3.04. The number of benzene rings is 2. The van der Waals surface area contributed by atoms with Crippen molar-refractivity contribution in [3.63, 3.8) is 0 Å². The maximum absolute atomic E-state index is 6.23. The van der Waals surface area contributed by atoms with Gasteiger partial charge in [-0.3, -0.25) is 4.99 Å². The van der Waals surface area contributed by atoms with Gasteiger partial charge in [0.2, 0.25) is 0 Å². The highest BCUT2D eigenvalue weighted by Crippen LogP contribution is 2.31. The maximum Gasteiger partial charge on any atom is 0.141 e. The van der Waals surface area contributed by atoms with E-state index in [0.717, 1.165) is 47.4 Å². The Morgan fingerprint density at radius 1 is 1.10 bits per heavy atom. The fourth-order valence-corrected chi connectivity index (χ4v) is 3.34. The number of unbranched alkanes of at least 4 members (excludes halogenated alkanes) is 1. The standard InChI is InChI=1S/C21H24Cl2N4.2ClH/c1-4-5-10-27-19-9-7-14(20(24)25-13(2)3)12-18(19)26-21(27)15-6-8-16(22)17(23)11-15;;/h6-9,11-13H,4-5,10H2,1-3H3,(H2,24,25);2*1H. The van der Waals surface area contributed by atoms with Crippen molar-refractivity contribution < 1.29 is 0 Å². The van der Waals surface area contributed by atoms with Crippen molar-refractivity contribution in [2.24, 2.45) is 10.7 Å². The third-order valence-electron chi connectivity index (χ3n) is 4.35. The Balaban J connectivity index is 0.00000210. The van der Waals surface area contributed by atoms with Crippen LogP contribution in [0.1, 0.15) is 39.2 Å². The zero-order chi connectivity index (χ0) is 19.6. The highest BCUT2D eigenvalue weighted by atomic mass is 35.5. The van der Waals surface area contributed by atoms with Crippen LogP contribution in [-0.4, -0.2) is 21.4 Å². The Hall–Kier alpha value is -1.46. The predicted octanol–water partition coefficient (Wildman–Crippen LogP) is 6.77. The molecule has 3 rings (SSSR count). The summed E-state index contributed by atoms with van der Waals surface area (Å²) in [6.07, 6.45) is 2.17. The van der Waals surface area contributed by atoms with Gasteiger partial charge in [0.05, 0.1) is 21.1 Å². The SMILES string of the molecule is CCCCn1c(-c2ccc(Cl)c(Cl)c2)nc2cc(C(N)=NC(C)C)ccc21.Cl.Cl. The van der Waals surface area contributed by atoms with Crippen molar-refractivity contribution in [3.8, 4) is 11.4 Å². The molecule has 0 bridgehead atoms. The zero-order valence-corrected chi connectivity index (χ0v) is 19.8. The quantitative estimate of drug-likeness (QED) is 0.316. The summed E-state index contributed by atoms with van der Waals surface area (Å²) in [5, 5.41) is 1.06. The Morgan fingerprint density at radius 2 is 1.83 bits per heavy atom. The van der Waals surface area contributed by atoms with Gasteiger partial charge in [0.1, 0.15) is 11.7 Å². The molecule has 0 aliphatic rings. The van der Waals surface area contributed by atoms with Crippen LogP contribution in [0.25, 0.3) is 22.4 Å². The first kappa shape index (κ1) is 25.6. The molecule has 0 radical (unpaired) electrons. The summed E-state index contributed by atoms with van der Waals surface area (Å²) in [4.78, 5) is 9.32. The summed E-state index contributed by atoms with van der Waals surface area (Å²) in [6.45, 7) is 7.08. The minimum atomic E-state index is 0. The summed E-state index contributed by atoms with van der Waals surface area (Å²) in [5.41, 5.74) is 9.95. The van der Waals surface area contributed by atoms with E-state index >= 15 is 0 Å². The molecule has 1 heterocycles. The second-order valence-corrected chi connectivity index (χ2v) is 7.70. The van der Waals surface area contributed by atoms with Gasteiger partial charge in [-0.1, -0.05) is 36.5 Å². The van der Waals surface area contributed by atoms with Crippen molar-refractivity contribution >= 4 is 64.9 Å². The van der Waals surface area contributed by atoms with Crippen LogP contribution in [0.2, 0.25) is 10.0 Å². The van der Waals surface area contributed by atoms with Crippen molar-refractivity contribution in [2.45, 2.75) is 46.2 Å². The fraction of sp³-hybridized carbons (Fsp3) is 0.333. The molecular formula is C21H26Cl4N4. The number of amidine groups is 1. The van der Waals surface area contributed by atoms with Crippen LogP contribution in [0.3, 0.4) is 0 Å². The number of imidazole rings is 1. The summed E-state index contributed by atoms with van der Waals surface area (Å²) < 4.78 is 2.23. The lowest BCUT2D eigenvalue weighted by molar-refractivity contribution is 0.651. The topological polar surface area (TPSA) is 56.2 Å². The summed E-state index contributed by atoms with van der Waals surface area (Å²) in [6, 6.07) is 11.8. The first-order valence-electron chi connectivity index (χ1n) is 9.20. The number of fused-ring (bicyclic) bond motifs is 1. The summed E-state index contributed by atoms with van der Waals surface area (Å²) in [7, 11) is 0. The number of hydrogen-bond acceptors (Lipinski definition) is 2. The summed E-state index contributed by atoms with van der Waals surface area (Å²) >= 11 is 12.3. The van der Waals surface area contributed by atoms with E-state index in [4.69, 9.17) is 33.9 Å². The van der Waals surface area contributed by atoms with E-state index in [1.165, 1.54) is 0 Å². The van der Waals surface area contributed by atoms with Crippen molar-refractivity contribution in [1.29, 1.82) is 0 Å². The van der Waals surface area contributed by atoms with Crippen LogP contribution < -0.4 is 5.73 Å². The molecular weight excluding hydrogens is 450 g/mol. The van der Waals surface area contributed by atoms with Gasteiger partial charge in [-0.2, -0.15) is 0 Å². The van der Waals surface area contributed by atoms with Crippen molar-refractivity contribution in [3.05, 3.63) is 52.0 Å². The molecule has 4 nitrogen and oxygen atoms in total. The second kappa shape index (κ2) is 11.1. The lowest BCUT2D eigenvalue weighted by Gasteiger charge is -2.09. The molecule has 158 valence electrons. The first-order valence-corrected chi connectivity index (χ1v) is 9.95. The Labute approximate surface area is 194 Å². The molecule has 3 aromatic rings. The monoisotopic (exact) mass is 474 g/mol. The van der Waals surface area contributed by atoms with Gasteiger partial charge in [0.15, 0.2) is 0 Å². The molecule has 0 spiro atoms. The lowest BCUT2D eigenvalue weighted by Crippen LogP contribution is -2.15. The van der Waals surface area contributed by atoms with E-state index in [-0.39, 0.29) is 30.9 Å². The number of rotatable bonds is 6. The third-order valence-corrected chi connectivity index (χ3v) is 5.09. The molecule has 0 atom stereocenters. The molecule has 0 amide bonds. The van der Waals surface area contributed by atoms with Crippen LogP contribution in [0.5, 0.6) is 0 Å².